The first-order valence-corrected chi connectivity index (χ1v) is 7.99. The lowest BCUT2D eigenvalue weighted by Crippen LogP contribution is -2.14. The van der Waals surface area contributed by atoms with Crippen molar-refractivity contribution in [1.29, 1.82) is 0 Å². The molecule has 0 saturated heterocycles. The van der Waals surface area contributed by atoms with Crippen molar-refractivity contribution in [3.05, 3.63) is 71.7 Å². The molecule has 26 heavy (non-hydrogen) atoms. The average Bonchev–Trinajstić information content (AvgIpc) is 3.29. The second-order valence-corrected chi connectivity index (χ2v) is 5.75. The van der Waals surface area contributed by atoms with Crippen LogP contribution in [0, 0.1) is 6.92 Å². The normalized spacial score (nSPS) is 10.8. The number of amides is 1. The molecule has 2 aromatic heterocycles. The number of rotatable bonds is 5. The van der Waals surface area contributed by atoms with Crippen molar-refractivity contribution < 1.29 is 18.6 Å². The van der Waals surface area contributed by atoms with Gasteiger partial charge in [0.1, 0.15) is 17.9 Å². The zero-order chi connectivity index (χ0) is 17.9. The predicted molar refractivity (Wildman–Crippen MR) is 94.0 cm³/mol. The van der Waals surface area contributed by atoms with Gasteiger partial charge < -0.3 is 14.5 Å². The van der Waals surface area contributed by atoms with Crippen LogP contribution in [-0.4, -0.2) is 16.2 Å². The lowest BCUT2D eigenvalue weighted by atomic mass is 10.2. The summed E-state index contributed by atoms with van der Waals surface area (Å²) in [7, 11) is 0. The van der Waals surface area contributed by atoms with E-state index >= 15 is 0 Å². The second kappa shape index (κ2) is 6.72. The number of ether oxygens (including phenoxy) is 1. The van der Waals surface area contributed by atoms with Gasteiger partial charge in [0.15, 0.2) is 11.3 Å². The smallest absolute Gasteiger partial charge is 0.259 e. The monoisotopic (exact) mass is 349 g/mol. The number of aryl methyl sites for hydroxylation is 1. The molecule has 0 aliphatic rings. The van der Waals surface area contributed by atoms with Crippen LogP contribution in [0.15, 0.2) is 63.8 Å². The Morgan fingerprint density at radius 3 is 2.92 bits per heavy atom. The molecule has 7 heteroatoms. The van der Waals surface area contributed by atoms with E-state index in [4.69, 9.17) is 13.8 Å². The maximum atomic E-state index is 12.6. The number of nitrogens with one attached hydrogen (secondary N) is 1. The van der Waals surface area contributed by atoms with Crippen LogP contribution >= 0.6 is 0 Å². The third kappa shape index (κ3) is 3.14. The van der Waals surface area contributed by atoms with Crippen LogP contribution < -0.4 is 10.1 Å². The number of fused-ring (bicyclic) bond motifs is 1. The topological polar surface area (TPSA) is 90.4 Å². The van der Waals surface area contributed by atoms with Crippen molar-refractivity contribution in [2.45, 2.75) is 13.5 Å². The van der Waals surface area contributed by atoms with Crippen LogP contribution in [0.25, 0.3) is 11.0 Å². The first-order valence-electron chi connectivity index (χ1n) is 7.99. The third-order valence-electron chi connectivity index (χ3n) is 3.88. The van der Waals surface area contributed by atoms with E-state index < -0.39 is 0 Å². The Morgan fingerprint density at radius 2 is 2.04 bits per heavy atom. The SMILES string of the molecule is Cc1cccc(OCc2occc2C(=O)Nc2cccc3nonc23)c1. The Hall–Kier alpha value is -3.61. The van der Waals surface area contributed by atoms with E-state index in [0.29, 0.717) is 33.8 Å². The van der Waals surface area contributed by atoms with Crippen LogP contribution in [0.2, 0.25) is 0 Å². The molecule has 0 fully saturated rings. The van der Waals surface area contributed by atoms with Crippen molar-refractivity contribution >= 4 is 22.6 Å². The minimum Gasteiger partial charge on any atom is -0.486 e. The Labute approximate surface area is 148 Å². The number of hydrogen-bond acceptors (Lipinski definition) is 6. The fourth-order valence-electron chi connectivity index (χ4n) is 2.61. The zero-order valence-electron chi connectivity index (χ0n) is 13.9. The van der Waals surface area contributed by atoms with Crippen molar-refractivity contribution in [3.8, 4) is 5.75 Å². The van der Waals surface area contributed by atoms with Crippen molar-refractivity contribution in [3.63, 3.8) is 0 Å². The lowest BCUT2D eigenvalue weighted by Gasteiger charge is -2.08. The largest absolute Gasteiger partial charge is 0.486 e. The third-order valence-corrected chi connectivity index (χ3v) is 3.88. The summed E-state index contributed by atoms with van der Waals surface area (Å²) in [6, 6.07) is 14.5. The summed E-state index contributed by atoms with van der Waals surface area (Å²) in [6.07, 6.45) is 1.46. The van der Waals surface area contributed by atoms with Gasteiger partial charge in [0.25, 0.3) is 5.91 Å². The Bertz CT molecular complexity index is 1070. The number of benzene rings is 2. The molecule has 0 aliphatic carbocycles. The number of nitrogens with zero attached hydrogens (tertiary/aromatic N) is 2. The first kappa shape index (κ1) is 15.9. The highest BCUT2D eigenvalue weighted by atomic mass is 16.6. The number of furan rings is 1. The van der Waals surface area contributed by atoms with Gasteiger partial charge in [-0.1, -0.05) is 18.2 Å². The van der Waals surface area contributed by atoms with Gasteiger partial charge in [-0.05, 0) is 53.1 Å². The van der Waals surface area contributed by atoms with Gasteiger partial charge in [-0.3, -0.25) is 4.79 Å². The van der Waals surface area contributed by atoms with Crippen LogP contribution in [0.1, 0.15) is 21.7 Å². The summed E-state index contributed by atoms with van der Waals surface area (Å²) in [5.41, 5.74) is 3.06. The average molecular weight is 349 g/mol. The molecular weight excluding hydrogens is 334 g/mol. The highest BCUT2D eigenvalue weighted by molar-refractivity contribution is 6.08. The van der Waals surface area contributed by atoms with Gasteiger partial charge in [-0.25, -0.2) is 4.63 Å². The molecule has 4 aromatic rings. The minimum absolute atomic E-state index is 0.148. The van der Waals surface area contributed by atoms with Gasteiger partial charge in [-0.15, -0.1) is 0 Å². The van der Waals surface area contributed by atoms with Gasteiger partial charge in [-0.2, -0.15) is 0 Å². The predicted octanol–water partition coefficient (Wildman–Crippen LogP) is 3.96. The quantitative estimate of drug-likeness (QED) is 0.586. The van der Waals surface area contributed by atoms with E-state index in [-0.39, 0.29) is 12.5 Å². The summed E-state index contributed by atoms with van der Waals surface area (Å²) in [5.74, 6) is 0.831. The van der Waals surface area contributed by atoms with Gasteiger partial charge in [0.2, 0.25) is 0 Å². The Balaban J connectivity index is 1.51. The van der Waals surface area contributed by atoms with Crippen LogP contribution in [-0.2, 0) is 6.61 Å². The fourth-order valence-corrected chi connectivity index (χ4v) is 2.61. The first-order chi connectivity index (χ1) is 12.7. The number of aromatic nitrogens is 2. The molecule has 0 aliphatic heterocycles. The second-order valence-electron chi connectivity index (χ2n) is 5.75. The van der Waals surface area contributed by atoms with Gasteiger partial charge in [0, 0.05) is 0 Å². The van der Waals surface area contributed by atoms with E-state index in [1.807, 2.05) is 31.2 Å². The minimum atomic E-state index is -0.322. The molecule has 130 valence electrons. The molecule has 0 radical (unpaired) electrons. The Kier molecular flexibility index (Phi) is 4.10. The summed E-state index contributed by atoms with van der Waals surface area (Å²) in [4.78, 5) is 12.6. The molecule has 1 N–H and O–H groups in total. The molecule has 1 amide bonds. The summed E-state index contributed by atoms with van der Waals surface area (Å²) in [6.45, 7) is 2.13. The molecule has 4 rings (SSSR count). The maximum absolute atomic E-state index is 12.6. The number of hydrogen-bond donors (Lipinski definition) is 1. The Morgan fingerprint density at radius 1 is 1.15 bits per heavy atom. The van der Waals surface area contributed by atoms with Gasteiger partial charge >= 0.3 is 0 Å². The standard InChI is InChI=1S/C19H15N3O4/c1-12-4-2-5-13(10-12)25-11-17-14(8-9-24-17)19(23)20-15-6-3-7-16-18(15)22-26-21-16/h2-10H,11H2,1H3,(H,20,23). The highest BCUT2D eigenvalue weighted by Gasteiger charge is 2.17. The van der Waals surface area contributed by atoms with Crippen molar-refractivity contribution in [1.82, 2.24) is 10.3 Å². The number of anilines is 1. The molecule has 0 atom stereocenters. The fraction of sp³-hybridized carbons (Fsp3) is 0.105. The van der Waals surface area contributed by atoms with E-state index in [1.54, 1.807) is 24.3 Å². The molecule has 0 unspecified atom stereocenters. The van der Waals surface area contributed by atoms with Gasteiger partial charge in [0.05, 0.1) is 17.5 Å². The lowest BCUT2D eigenvalue weighted by molar-refractivity contribution is 0.102. The summed E-state index contributed by atoms with van der Waals surface area (Å²) >= 11 is 0. The maximum Gasteiger partial charge on any atom is 0.259 e. The molecular formula is C19H15N3O4. The molecule has 2 aromatic carbocycles. The summed E-state index contributed by atoms with van der Waals surface area (Å²) in [5, 5.41) is 10.4. The summed E-state index contributed by atoms with van der Waals surface area (Å²) < 4.78 is 15.8. The van der Waals surface area contributed by atoms with E-state index in [2.05, 4.69) is 15.6 Å². The van der Waals surface area contributed by atoms with E-state index in [0.717, 1.165) is 5.56 Å². The van der Waals surface area contributed by atoms with Crippen molar-refractivity contribution in [2.24, 2.45) is 0 Å². The zero-order valence-corrected chi connectivity index (χ0v) is 13.9. The van der Waals surface area contributed by atoms with Crippen LogP contribution in [0.4, 0.5) is 5.69 Å². The van der Waals surface area contributed by atoms with Crippen LogP contribution in [0.3, 0.4) is 0 Å². The number of carbonyl (C=O) groups excluding carboxylic acids is 1. The highest BCUT2D eigenvalue weighted by Crippen LogP contribution is 2.22. The van der Waals surface area contributed by atoms with E-state index in [1.165, 1.54) is 6.26 Å². The molecule has 0 spiro atoms. The molecule has 0 bridgehead atoms. The molecule has 7 nitrogen and oxygen atoms in total. The van der Waals surface area contributed by atoms with E-state index in [9.17, 15) is 4.79 Å². The van der Waals surface area contributed by atoms with Crippen LogP contribution in [0.5, 0.6) is 5.75 Å². The molecule has 0 saturated carbocycles. The molecule has 2 heterocycles. The van der Waals surface area contributed by atoms with Crippen molar-refractivity contribution in [2.75, 3.05) is 5.32 Å². The number of carbonyl (C=O) groups is 1.